The number of aliphatic imine (C=N–C) groups is 1. The SMILES string of the molecule is CCNC(=NCc1nccn1Cc1ccccc1)NCCc1ccc2c(c1)OCO2. The lowest BCUT2D eigenvalue weighted by Gasteiger charge is -2.12. The predicted molar refractivity (Wildman–Crippen MR) is 117 cm³/mol. The van der Waals surface area contributed by atoms with E-state index >= 15 is 0 Å². The fourth-order valence-corrected chi connectivity index (χ4v) is 3.33. The molecule has 4 rings (SSSR count). The summed E-state index contributed by atoms with van der Waals surface area (Å²) in [5.41, 5.74) is 2.44. The number of benzene rings is 2. The van der Waals surface area contributed by atoms with Crippen LogP contribution in [0.15, 0.2) is 65.9 Å². The third-order valence-corrected chi connectivity index (χ3v) is 4.86. The number of fused-ring (bicyclic) bond motifs is 1. The van der Waals surface area contributed by atoms with Crippen molar-refractivity contribution in [2.45, 2.75) is 26.4 Å². The molecule has 1 aliphatic rings. The van der Waals surface area contributed by atoms with Gasteiger partial charge in [-0.3, -0.25) is 0 Å². The summed E-state index contributed by atoms with van der Waals surface area (Å²) < 4.78 is 13.0. The molecule has 7 nitrogen and oxygen atoms in total. The zero-order chi connectivity index (χ0) is 20.6. The van der Waals surface area contributed by atoms with Gasteiger partial charge in [0, 0.05) is 32.0 Å². The number of hydrogen-bond donors (Lipinski definition) is 2. The Hall–Kier alpha value is -3.48. The molecule has 2 aromatic carbocycles. The maximum atomic E-state index is 5.45. The molecule has 0 atom stereocenters. The molecule has 0 saturated heterocycles. The van der Waals surface area contributed by atoms with E-state index < -0.39 is 0 Å². The smallest absolute Gasteiger partial charge is 0.231 e. The molecule has 30 heavy (non-hydrogen) atoms. The van der Waals surface area contributed by atoms with Crippen molar-refractivity contribution in [2.75, 3.05) is 19.9 Å². The molecule has 0 fully saturated rings. The summed E-state index contributed by atoms with van der Waals surface area (Å²) in [6.45, 7) is 5.23. The van der Waals surface area contributed by atoms with Crippen molar-refractivity contribution in [1.29, 1.82) is 0 Å². The summed E-state index contributed by atoms with van der Waals surface area (Å²) in [6, 6.07) is 16.4. The van der Waals surface area contributed by atoms with E-state index in [9.17, 15) is 0 Å². The highest BCUT2D eigenvalue weighted by atomic mass is 16.7. The van der Waals surface area contributed by atoms with E-state index in [-0.39, 0.29) is 0 Å². The van der Waals surface area contributed by atoms with Crippen LogP contribution in [0.5, 0.6) is 11.5 Å². The fourth-order valence-electron chi connectivity index (χ4n) is 3.33. The molecule has 7 heteroatoms. The predicted octanol–water partition coefficient (Wildman–Crippen LogP) is 2.96. The summed E-state index contributed by atoms with van der Waals surface area (Å²) >= 11 is 0. The minimum Gasteiger partial charge on any atom is -0.454 e. The van der Waals surface area contributed by atoms with Gasteiger partial charge in [0.2, 0.25) is 6.79 Å². The van der Waals surface area contributed by atoms with Crippen LogP contribution >= 0.6 is 0 Å². The maximum absolute atomic E-state index is 5.45. The second kappa shape index (κ2) is 9.82. The Kier molecular flexibility index (Phi) is 6.49. The molecule has 0 amide bonds. The van der Waals surface area contributed by atoms with Gasteiger partial charge < -0.3 is 24.7 Å². The van der Waals surface area contributed by atoms with Gasteiger partial charge in [-0.2, -0.15) is 0 Å². The molecule has 2 heterocycles. The Morgan fingerprint density at radius 3 is 2.80 bits per heavy atom. The molecule has 0 radical (unpaired) electrons. The zero-order valence-electron chi connectivity index (χ0n) is 17.2. The lowest BCUT2D eigenvalue weighted by molar-refractivity contribution is 0.174. The number of rotatable bonds is 8. The van der Waals surface area contributed by atoms with E-state index in [1.54, 1.807) is 0 Å². The third-order valence-electron chi connectivity index (χ3n) is 4.86. The largest absolute Gasteiger partial charge is 0.454 e. The van der Waals surface area contributed by atoms with Crippen molar-refractivity contribution in [3.63, 3.8) is 0 Å². The number of nitrogens with one attached hydrogen (secondary N) is 2. The number of guanidine groups is 1. The summed E-state index contributed by atoms with van der Waals surface area (Å²) in [7, 11) is 0. The van der Waals surface area contributed by atoms with Crippen molar-refractivity contribution in [3.8, 4) is 11.5 Å². The normalized spacial score (nSPS) is 12.8. The molecule has 0 spiro atoms. The van der Waals surface area contributed by atoms with Gasteiger partial charge in [-0.25, -0.2) is 9.98 Å². The Morgan fingerprint density at radius 1 is 1.07 bits per heavy atom. The van der Waals surface area contributed by atoms with Crippen LogP contribution in [-0.4, -0.2) is 35.4 Å². The Labute approximate surface area is 176 Å². The van der Waals surface area contributed by atoms with Crippen LogP contribution in [0.25, 0.3) is 0 Å². The quantitative estimate of drug-likeness (QED) is 0.445. The van der Waals surface area contributed by atoms with Crippen LogP contribution in [0, 0.1) is 0 Å². The first-order chi connectivity index (χ1) is 14.8. The van der Waals surface area contributed by atoms with Crippen LogP contribution < -0.4 is 20.1 Å². The highest BCUT2D eigenvalue weighted by Crippen LogP contribution is 2.32. The standard InChI is InChI=1S/C23H27N5O2/c1-2-24-23(26-11-10-18-8-9-20-21(14-18)30-17-29-20)27-15-22-25-12-13-28(22)16-19-6-4-3-5-7-19/h3-9,12-14H,2,10-11,15-17H2,1H3,(H2,24,26,27). The van der Waals surface area contributed by atoms with E-state index in [1.807, 2.05) is 30.6 Å². The van der Waals surface area contributed by atoms with Gasteiger partial charge in [-0.05, 0) is 36.6 Å². The summed E-state index contributed by atoms with van der Waals surface area (Å²) in [5.74, 6) is 3.35. The molecule has 0 unspecified atom stereocenters. The molecule has 0 saturated carbocycles. The van der Waals surface area contributed by atoms with Crippen molar-refractivity contribution >= 4 is 5.96 Å². The van der Waals surface area contributed by atoms with E-state index in [4.69, 9.17) is 14.5 Å². The number of nitrogens with zero attached hydrogens (tertiary/aromatic N) is 3. The van der Waals surface area contributed by atoms with E-state index in [1.165, 1.54) is 11.1 Å². The minimum atomic E-state index is 0.300. The third kappa shape index (κ3) is 5.11. The van der Waals surface area contributed by atoms with Gasteiger partial charge in [0.05, 0.1) is 0 Å². The highest BCUT2D eigenvalue weighted by Gasteiger charge is 2.13. The molecule has 3 aromatic rings. The second-order valence-corrected chi connectivity index (χ2v) is 7.02. The van der Waals surface area contributed by atoms with E-state index in [0.717, 1.165) is 49.3 Å². The molecule has 0 aliphatic carbocycles. The summed E-state index contributed by atoms with van der Waals surface area (Å²) in [4.78, 5) is 9.19. The van der Waals surface area contributed by atoms with Crippen LogP contribution in [0.4, 0.5) is 0 Å². The van der Waals surface area contributed by atoms with Gasteiger partial charge in [-0.15, -0.1) is 0 Å². The first-order valence-corrected chi connectivity index (χ1v) is 10.3. The first-order valence-electron chi connectivity index (χ1n) is 10.3. The average Bonchev–Trinajstić information content (AvgIpc) is 3.41. The minimum absolute atomic E-state index is 0.300. The fraction of sp³-hybridized carbons (Fsp3) is 0.304. The van der Waals surface area contributed by atoms with Gasteiger partial charge in [0.1, 0.15) is 12.4 Å². The number of hydrogen-bond acceptors (Lipinski definition) is 4. The monoisotopic (exact) mass is 405 g/mol. The average molecular weight is 406 g/mol. The van der Waals surface area contributed by atoms with Crippen molar-refractivity contribution in [3.05, 3.63) is 77.9 Å². The molecule has 156 valence electrons. The Bertz CT molecular complexity index is 984. The number of ether oxygens (including phenoxy) is 2. The molecule has 1 aromatic heterocycles. The van der Waals surface area contributed by atoms with E-state index in [0.29, 0.717) is 13.3 Å². The lowest BCUT2D eigenvalue weighted by Crippen LogP contribution is -2.38. The van der Waals surface area contributed by atoms with Crippen LogP contribution in [-0.2, 0) is 19.5 Å². The van der Waals surface area contributed by atoms with Crippen molar-refractivity contribution in [2.24, 2.45) is 4.99 Å². The van der Waals surface area contributed by atoms with Crippen LogP contribution in [0.3, 0.4) is 0 Å². The van der Waals surface area contributed by atoms with Gasteiger partial charge >= 0.3 is 0 Å². The zero-order valence-corrected chi connectivity index (χ0v) is 17.2. The highest BCUT2D eigenvalue weighted by molar-refractivity contribution is 5.79. The van der Waals surface area contributed by atoms with Gasteiger partial charge in [0.25, 0.3) is 0 Å². The second-order valence-electron chi connectivity index (χ2n) is 7.02. The molecular formula is C23H27N5O2. The molecular weight excluding hydrogens is 378 g/mol. The van der Waals surface area contributed by atoms with Crippen molar-refractivity contribution in [1.82, 2.24) is 20.2 Å². The molecule has 0 bridgehead atoms. The Morgan fingerprint density at radius 2 is 1.93 bits per heavy atom. The van der Waals surface area contributed by atoms with Gasteiger partial charge in [-0.1, -0.05) is 36.4 Å². The summed E-state index contributed by atoms with van der Waals surface area (Å²) in [5, 5.41) is 6.70. The Balaban J connectivity index is 1.33. The lowest BCUT2D eigenvalue weighted by atomic mass is 10.1. The van der Waals surface area contributed by atoms with Crippen molar-refractivity contribution < 1.29 is 9.47 Å². The van der Waals surface area contributed by atoms with E-state index in [2.05, 4.69) is 57.4 Å². The molecule has 1 aliphatic heterocycles. The summed E-state index contributed by atoms with van der Waals surface area (Å²) in [6.07, 6.45) is 4.69. The topological polar surface area (TPSA) is 72.7 Å². The molecule has 2 N–H and O–H groups in total. The maximum Gasteiger partial charge on any atom is 0.231 e. The number of imidazole rings is 1. The van der Waals surface area contributed by atoms with Crippen LogP contribution in [0.2, 0.25) is 0 Å². The first kappa shape index (κ1) is 19.8. The van der Waals surface area contributed by atoms with Gasteiger partial charge in [0.15, 0.2) is 17.5 Å². The number of aromatic nitrogens is 2. The van der Waals surface area contributed by atoms with Crippen LogP contribution in [0.1, 0.15) is 23.9 Å².